The summed E-state index contributed by atoms with van der Waals surface area (Å²) in [5.41, 5.74) is -6.42. The molecule has 0 bridgehead atoms. The van der Waals surface area contributed by atoms with Gasteiger partial charge < -0.3 is 0 Å². The van der Waals surface area contributed by atoms with Crippen molar-refractivity contribution in [2.45, 2.75) is 12.4 Å². The predicted molar refractivity (Wildman–Crippen MR) is 84.2 cm³/mol. The number of rotatable bonds is 2. The summed E-state index contributed by atoms with van der Waals surface area (Å²) in [6.45, 7) is 0. The molecule has 0 spiro atoms. The minimum Gasteiger partial charge on any atom is -0.268 e. The number of nitrogens with zero attached hydrogens (tertiary/aromatic N) is 3. The number of hydrogen-bond acceptors (Lipinski definition) is 4. The molecule has 140 valence electrons. The lowest BCUT2D eigenvalue weighted by molar-refractivity contribution is -0.384. The summed E-state index contributed by atoms with van der Waals surface area (Å²) in [5, 5.41) is 10.3. The lowest BCUT2D eigenvalue weighted by Gasteiger charge is -2.14. The first-order valence-electron chi connectivity index (χ1n) is 6.15. The molecule has 0 unspecified atom stereocenters. The number of nitro benzene ring substituents is 1. The van der Waals surface area contributed by atoms with E-state index >= 15 is 0 Å². The Morgan fingerprint density at radius 2 is 1.73 bits per heavy atom. The van der Waals surface area contributed by atoms with Gasteiger partial charge in [0.2, 0.25) is 0 Å². The maximum absolute atomic E-state index is 12.8. The van der Waals surface area contributed by atoms with E-state index < -0.39 is 54.1 Å². The van der Waals surface area contributed by atoms with Crippen LogP contribution < -0.4 is 5.56 Å². The van der Waals surface area contributed by atoms with Crippen molar-refractivity contribution in [2.24, 2.45) is 0 Å². The number of alkyl halides is 6. The average Bonchev–Trinajstić information content (AvgIpc) is 2.47. The highest BCUT2D eigenvalue weighted by molar-refractivity contribution is 14.1. The predicted octanol–water partition coefficient (Wildman–Crippen LogP) is 4.44. The zero-order chi connectivity index (χ0) is 20.0. The fourth-order valence-electron chi connectivity index (χ4n) is 1.91. The van der Waals surface area contributed by atoms with Crippen LogP contribution in [0.1, 0.15) is 11.3 Å². The highest BCUT2D eigenvalue weighted by Crippen LogP contribution is 2.38. The molecular formula is C12H3ClF6IN3O3. The summed E-state index contributed by atoms with van der Waals surface area (Å²) in [7, 11) is 0. The van der Waals surface area contributed by atoms with Crippen LogP contribution in [0, 0.1) is 13.7 Å². The lowest BCUT2D eigenvalue weighted by atomic mass is 10.1. The largest absolute Gasteiger partial charge is 0.434 e. The van der Waals surface area contributed by atoms with Gasteiger partial charge in [0.25, 0.3) is 11.2 Å². The lowest BCUT2D eigenvalue weighted by Crippen LogP contribution is -2.27. The molecule has 0 aliphatic carbocycles. The van der Waals surface area contributed by atoms with Crippen LogP contribution in [0.4, 0.5) is 32.0 Å². The first kappa shape index (κ1) is 20.4. The third-order valence-electron chi connectivity index (χ3n) is 2.99. The number of benzene rings is 1. The van der Waals surface area contributed by atoms with Gasteiger partial charge in [-0.25, -0.2) is 4.98 Å². The molecule has 1 aromatic carbocycles. The van der Waals surface area contributed by atoms with E-state index in [2.05, 4.69) is 4.98 Å². The zero-order valence-electron chi connectivity index (χ0n) is 11.8. The molecule has 0 saturated carbocycles. The molecule has 2 rings (SSSR count). The highest BCUT2D eigenvalue weighted by atomic mass is 127. The number of hydrogen-bond donors (Lipinski definition) is 0. The molecule has 6 nitrogen and oxygen atoms in total. The Kier molecular flexibility index (Phi) is 5.24. The van der Waals surface area contributed by atoms with Crippen molar-refractivity contribution in [3.63, 3.8) is 0 Å². The Bertz CT molecular complexity index is 957. The van der Waals surface area contributed by atoms with Crippen LogP contribution in [0.3, 0.4) is 0 Å². The summed E-state index contributed by atoms with van der Waals surface area (Å²) < 4.78 is 76.0. The summed E-state index contributed by atoms with van der Waals surface area (Å²) in [6.07, 6.45) is -9.62. The first-order valence-corrected chi connectivity index (χ1v) is 7.60. The maximum Gasteiger partial charge on any atom is 0.434 e. The van der Waals surface area contributed by atoms with Gasteiger partial charge in [-0.1, -0.05) is 11.6 Å². The summed E-state index contributed by atoms with van der Waals surface area (Å²) in [5.74, 6) is 0. The molecule has 1 aromatic heterocycles. The maximum atomic E-state index is 12.8. The third-order valence-corrected chi connectivity index (χ3v) is 4.25. The van der Waals surface area contributed by atoms with E-state index in [1.807, 2.05) is 0 Å². The van der Waals surface area contributed by atoms with E-state index in [9.17, 15) is 41.3 Å². The molecular weight excluding hydrogens is 510 g/mol. The van der Waals surface area contributed by atoms with Crippen LogP contribution >= 0.6 is 34.2 Å². The second-order valence-corrected chi connectivity index (χ2v) is 6.15. The van der Waals surface area contributed by atoms with E-state index in [0.717, 1.165) is 22.6 Å². The number of nitro groups is 1. The van der Waals surface area contributed by atoms with Crippen LogP contribution in [0.25, 0.3) is 5.69 Å². The monoisotopic (exact) mass is 513 g/mol. The van der Waals surface area contributed by atoms with Gasteiger partial charge in [-0.05, 0) is 28.7 Å². The molecule has 0 aliphatic heterocycles. The van der Waals surface area contributed by atoms with Crippen molar-refractivity contribution in [1.82, 2.24) is 9.55 Å². The summed E-state index contributed by atoms with van der Waals surface area (Å²) in [6, 6.07) is 0.444. The molecule has 0 radical (unpaired) electrons. The van der Waals surface area contributed by atoms with Crippen LogP contribution in [-0.2, 0) is 12.4 Å². The third kappa shape index (κ3) is 3.77. The second-order valence-electron chi connectivity index (χ2n) is 4.66. The van der Waals surface area contributed by atoms with Gasteiger partial charge in [0, 0.05) is 6.07 Å². The molecule has 2 aromatic rings. The Balaban J connectivity index is 2.84. The van der Waals surface area contributed by atoms with Crippen molar-refractivity contribution in [1.29, 1.82) is 0 Å². The van der Waals surface area contributed by atoms with Crippen LogP contribution in [0.5, 0.6) is 0 Å². The van der Waals surface area contributed by atoms with Gasteiger partial charge in [-0.15, -0.1) is 0 Å². The highest BCUT2D eigenvalue weighted by Gasteiger charge is 2.38. The molecule has 0 N–H and O–H groups in total. The standard InChI is InChI=1S/C12H3ClF6IN3O3/c13-5-1-4(11(14,15)16)2-6(23(25)26)8(5)22-3-21-9(12(17,18)19)7(20)10(22)24/h1-3H. The first-order chi connectivity index (χ1) is 11.7. The van der Waals surface area contributed by atoms with E-state index in [1.54, 1.807) is 0 Å². The van der Waals surface area contributed by atoms with Gasteiger partial charge in [0.1, 0.15) is 15.6 Å². The molecule has 0 saturated heterocycles. The van der Waals surface area contributed by atoms with Crippen LogP contribution in [0.2, 0.25) is 5.02 Å². The summed E-state index contributed by atoms with van der Waals surface area (Å²) in [4.78, 5) is 25.1. The van der Waals surface area contributed by atoms with Crippen molar-refractivity contribution in [2.75, 3.05) is 0 Å². The van der Waals surface area contributed by atoms with Gasteiger partial charge in [0.15, 0.2) is 5.69 Å². The fourth-order valence-corrected chi connectivity index (χ4v) is 2.92. The van der Waals surface area contributed by atoms with Gasteiger partial charge in [0.05, 0.1) is 15.5 Å². The second kappa shape index (κ2) is 6.68. The molecule has 0 aliphatic rings. The molecule has 1 heterocycles. The zero-order valence-corrected chi connectivity index (χ0v) is 14.7. The van der Waals surface area contributed by atoms with Crippen molar-refractivity contribution < 1.29 is 31.3 Å². The number of aromatic nitrogens is 2. The minimum absolute atomic E-state index is 0.123. The SMILES string of the molecule is O=c1c(I)c(C(F)(F)F)ncn1-c1c(Cl)cc(C(F)(F)F)cc1[N+](=O)[O-]. The Hall–Kier alpha value is -1.90. The van der Waals surface area contributed by atoms with E-state index in [0.29, 0.717) is 12.4 Å². The Morgan fingerprint density at radius 1 is 1.15 bits per heavy atom. The van der Waals surface area contributed by atoms with Crippen molar-refractivity contribution in [3.05, 3.63) is 58.8 Å². The summed E-state index contributed by atoms with van der Waals surface area (Å²) >= 11 is 6.69. The number of halogens is 8. The van der Waals surface area contributed by atoms with E-state index in [4.69, 9.17) is 11.6 Å². The normalized spacial score (nSPS) is 12.3. The topological polar surface area (TPSA) is 78.0 Å². The molecule has 0 fully saturated rings. The van der Waals surface area contributed by atoms with E-state index in [-0.39, 0.29) is 10.6 Å². The van der Waals surface area contributed by atoms with Crippen LogP contribution in [-0.4, -0.2) is 14.5 Å². The Labute approximate surface area is 157 Å². The van der Waals surface area contributed by atoms with Gasteiger partial charge in [-0.3, -0.25) is 19.5 Å². The van der Waals surface area contributed by atoms with Gasteiger partial charge >= 0.3 is 12.4 Å². The minimum atomic E-state index is -4.97. The average molecular weight is 514 g/mol. The van der Waals surface area contributed by atoms with Gasteiger partial charge in [-0.2, -0.15) is 26.3 Å². The smallest absolute Gasteiger partial charge is 0.268 e. The fraction of sp³-hybridized carbons (Fsp3) is 0.167. The molecule has 0 atom stereocenters. The Morgan fingerprint density at radius 3 is 2.19 bits per heavy atom. The van der Waals surface area contributed by atoms with Crippen molar-refractivity contribution >= 4 is 39.9 Å². The van der Waals surface area contributed by atoms with Crippen molar-refractivity contribution in [3.8, 4) is 5.69 Å². The van der Waals surface area contributed by atoms with E-state index in [1.165, 1.54) is 0 Å². The molecule has 26 heavy (non-hydrogen) atoms. The quantitative estimate of drug-likeness (QED) is 0.258. The molecule has 14 heteroatoms. The van der Waals surface area contributed by atoms with Crippen LogP contribution in [0.15, 0.2) is 23.3 Å². The molecule has 0 amide bonds.